The predicted octanol–water partition coefficient (Wildman–Crippen LogP) is 1.13. The number of nitrogen functional groups attached to an aromatic ring is 1. The van der Waals surface area contributed by atoms with Crippen molar-refractivity contribution >= 4 is 11.7 Å². The van der Waals surface area contributed by atoms with E-state index in [2.05, 4.69) is 14.5 Å². The molecule has 4 N–H and O–H groups in total. The molecule has 0 atom stereocenters. The molecule has 0 aliphatic rings. The van der Waals surface area contributed by atoms with E-state index in [1.807, 2.05) is 0 Å². The third-order valence-corrected chi connectivity index (χ3v) is 2.28. The van der Waals surface area contributed by atoms with Crippen LogP contribution in [0, 0.1) is 0 Å². The van der Waals surface area contributed by atoms with Crippen molar-refractivity contribution in [1.82, 2.24) is 4.98 Å². The Hall–Kier alpha value is -2.03. The molecule has 112 valence electrons. The number of carbonyl (C=O) groups is 1. The lowest BCUT2D eigenvalue weighted by Crippen LogP contribution is -2.21. The van der Waals surface area contributed by atoms with E-state index in [1.165, 1.54) is 6.20 Å². The zero-order valence-corrected chi connectivity index (χ0v) is 10.7. The van der Waals surface area contributed by atoms with Crippen molar-refractivity contribution in [1.29, 1.82) is 0 Å². The molecule has 1 aromatic rings. The van der Waals surface area contributed by atoms with Gasteiger partial charge in [-0.25, -0.2) is 0 Å². The SMILES string of the molecule is CCOC(=O)Cc1ncc(CN)c(N)c1OC(F)(F)F. The fourth-order valence-electron chi connectivity index (χ4n) is 1.45. The van der Waals surface area contributed by atoms with Gasteiger partial charge in [0.15, 0.2) is 5.75 Å². The summed E-state index contributed by atoms with van der Waals surface area (Å²) in [6, 6.07) is 0. The van der Waals surface area contributed by atoms with Gasteiger partial charge in [-0.2, -0.15) is 0 Å². The first kappa shape index (κ1) is 16.0. The van der Waals surface area contributed by atoms with Gasteiger partial charge in [0.05, 0.1) is 24.4 Å². The molecular formula is C11H14F3N3O3. The van der Waals surface area contributed by atoms with Crippen molar-refractivity contribution in [2.45, 2.75) is 26.3 Å². The molecule has 0 aliphatic carbocycles. The monoisotopic (exact) mass is 293 g/mol. The molecule has 0 bridgehead atoms. The largest absolute Gasteiger partial charge is 0.573 e. The Kier molecular flexibility index (Phi) is 5.14. The maximum Gasteiger partial charge on any atom is 0.573 e. The van der Waals surface area contributed by atoms with E-state index in [1.54, 1.807) is 6.92 Å². The van der Waals surface area contributed by atoms with Crippen LogP contribution in [0.4, 0.5) is 18.9 Å². The number of hydrogen-bond acceptors (Lipinski definition) is 6. The standard InChI is InChI=1S/C11H14F3N3O3/c1-2-19-8(18)3-7-10(20-11(12,13)14)9(16)6(4-15)5-17-7/h5H,2-4,15H2,1H3,(H2,16,17). The number of carbonyl (C=O) groups excluding carboxylic acids is 1. The summed E-state index contributed by atoms with van der Waals surface area (Å²) in [7, 11) is 0. The summed E-state index contributed by atoms with van der Waals surface area (Å²) in [4.78, 5) is 15.1. The van der Waals surface area contributed by atoms with Crippen LogP contribution in [0.5, 0.6) is 5.75 Å². The summed E-state index contributed by atoms with van der Waals surface area (Å²) < 4.78 is 45.6. The lowest BCUT2D eigenvalue weighted by atomic mass is 10.1. The molecule has 0 amide bonds. The van der Waals surface area contributed by atoms with Crippen LogP contribution in [0.15, 0.2) is 6.20 Å². The zero-order chi connectivity index (χ0) is 15.3. The highest BCUT2D eigenvalue weighted by Crippen LogP contribution is 2.33. The number of anilines is 1. The van der Waals surface area contributed by atoms with Gasteiger partial charge in [0, 0.05) is 18.3 Å². The predicted molar refractivity (Wildman–Crippen MR) is 63.6 cm³/mol. The number of nitrogens with two attached hydrogens (primary N) is 2. The fraction of sp³-hybridized carbons (Fsp3) is 0.455. The molecule has 0 radical (unpaired) electrons. The van der Waals surface area contributed by atoms with Crippen molar-refractivity contribution in [3.05, 3.63) is 17.5 Å². The highest BCUT2D eigenvalue weighted by atomic mass is 19.4. The Bertz CT molecular complexity index is 492. The number of halogens is 3. The van der Waals surface area contributed by atoms with Crippen LogP contribution in [0.3, 0.4) is 0 Å². The first-order valence-electron chi connectivity index (χ1n) is 5.66. The lowest BCUT2D eigenvalue weighted by molar-refractivity contribution is -0.274. The van der Waals surface area contributed by atoms with Gasteiger partial charge < -0.3 is 20.9 Å². The normalized spacial score (nSPS) is 11.2. The molecule has 1 rings (SSSR count). The van der Waals surface area contributed by atoms with E-state index in [-0.39, 0.29) is 30.1 Å². The van der Waals surface area contributed by atoms with Gasteiger partial charge in [-0.3, -0.25) is 9.78 Å². The molecule has 0 spiro atoms. The molecule has 0 saturated heterocycles. The average molecular weight is 293 g/mol. The van der Waals surface area contributed by atoms with Gasteiger partial charge in [0.1, 0.15) is 0 Å². The van der Waals surface area contributed by atoms with Crippen molar-refractivity contribution in [3.8, 4) is 5.75 Å². The molecule has 0 unspecified atom stereocenters. The summed E-state index contributed by atoms with van der Waals surface area (Å²) >= 11 is 0. The maximum absolute atomic E-state index is 12.4. The zero-order valence-electron chi connectivity index (χ0n) is 10.7. The third-order valence-electron chi connectivity index (χ3n) is 2.28. The summed E-state index contributed by atoms with van der Waals surface area (Å²) in [5.41, 5.74) is 10.5. The lowest BCUT2D eigenvalue weighted by Gasteiger charge is -2.16. The number of esters is 1. The van der Waals surface area contributed by atoms with Gasteiger partial charge in [0.2, 0.25) is 0 Å². The average Bonchev–Trinajstić information content (AvgIpc) is 2.33. The van der Waals surface area contributed by atoms with Crippen LogP contribution in [0.1, 0.15) is 18.2 Å². The van der Waals surface area contributed by atoms with Crippen molar-refractivity contribution < 1.29 is 27.4 Å². The van der Waals surface area contributed by atoms with E-state index < -0.39 is 24.5 Å². The van der Waals surface area contributed by atoms with Crippen LogP contribution >= 0.6 is 0 Å². The summed E-state index contributed by atoms with van der Waals surface area (Å²) in [5.74, 6) is -1.44. The maximum atomic E-state index is 12.4. The smallest absolute Gasteiger partial charge is 0.466 e. The van der Waals surface area contributed by atoms with Gasteiger partial charge >= 0.3 is 12.3 Å². The number of ether oxygens (including phenoxy) is 2. The topological polar surface area (TPSA) is 100 Å². The van der Waals surface area contributed by atoms with Gasteiger partial charge in [-0.1, -0.05) is 0 Å². The number of pyridine rings is 1. The van der Waals surface area contributed by atoms with Gasteiger partial charge in [-0.15, -0.1) is 13.2 Å². The number of hydrogen-bond donors (Lipinski definition) is 2. The van der Waals surface area contributed by atoms with Crippen molar-refractivity contribution in [2.75, 3.05) is 12.3 Å². The molecule has 0 saturated carbocycles. The number of nitrogens with zero attached hydrogens (tertiary/aromatic N) is 1. The minimum absolute atomic E-state index is 0.102. The molecule has 20 heavy (non-hydrogen) atoms. The highest BCUT2D eigenvalue weighted by molar-refractivity contribution is 5.74. The Morgan fingerprint density at radius 3 is 2.60 bits per heavy atom. The summed E-state index contributed by atoms with van der Waals surface area (Å²) in [6.45, 7) is 1.57. The van der Waals surface area contributed by atoms with Crippen LogP contribution in [0.2, 0.25) is 0 Å². The summed E-state index contributed by atoms with van der Waals surface area (Å²) in [6.07, 6.45) is -4.23. The molecule has 0 aromatic carbocycles. The van der Waals surface area contributed by atoms with Crippen LogP contribution in [-0.2, 0) is 22.5 Å². The van der Waals surface area contributed by atoms with Gasteiger partial charge in [-0.05, 0) is 6.92 Å². The molecule has 1 heterocycles. The summed E-state index contributed by atoms with van der Waals surface area (Å²) in [5, 5.41) is 0. The second-order valence-electron chi connectivity index (χ2n) is 3.71. The van der Waals surface area contributed by atoms with Crippen molar-refractivity contribution in [2.24, 2.45) is 5.73 Å². The fourth-order valence-corrected chi connectivity index (χ4v) is 1.45. The van der Waals surface area contributed by atoms with E-state index in [4.69, 9.17) is 11.5 Å². The Morgan fingerprint density at radius 2 is 2.10 bits per heavy atom. The Balaban J connectivity index is 3.15. The Morgan fingerprint density at radius 1 is 1.45 bits per heavy atom. The van der Waals surface area contributed by atoms with E-state index >= 15 is 0 Å². The van der Waals surface area contributed by atoms with E-state index in [0.29, 0.717) is 0 Å². The highest BCUT2D eigenvalue weighted by Gasteiger charge is 2.34. The Labute approximate surface area is 112 Å². The van der Waals surface area contributed by atoms with Crippen LogP contribution in [-0.4, -0.2) is 23.9 Å². The second kappa shape index (κ2) is 6.42. The number of aromatic nitrogens is 1. The number of alkyl halides is 3. The van der Waals surface area contributed by atoms with E-state index in [0.717, 1.165) is 0 Å². The van der Waals surface area contributed by atoms with Gasteiger partial charge in [0.25, 0.3) is 0 Å². The molecular weight excluding hydrogens is 279 g/mol. The first-order chi connectivity index (χ1) is 9.28. The minimum atomic E-state index is -4.95. The third kappa shape index (κ3) is 4.26. The molecule has 0 fully saturated rings. The van der Waals surface area contributed by atoms with Crippen LogP contribution < -0.4 is 16.2 Å². The van der Waals surface area contributed by atoms with Crippen molar-refractivity contribution in [3.63, 3.8) is 0 Å². The minimum Gasteiger partial charge on any atom is -0.466 e. The number of rotatable bonds is 5. The quantitative estimate of drug-likeness (QED) is 0.789. The van der Waals surface area contributed by atoms with E-state index in [9.17, 15) is 18.0 Å². The first-order valence-corrected chi connectivity index (χ1v) is 5.66. The second-order valence-corrected chi connectivity index (χ2v) is 3.71. The molecule has 0 aliphatic heterocycles. The molecule has 6 nitrogen and oxygen atoms in total. The molecule has 1 aromatic heterocycles. The van der Waals surface area contributed by atoms with Crippen LogP contribution in [0.25, 0.3) is 0 Å². The molecule has 9 heteroatoms.